The molecule has 0 saturated carbocycles. The van der Waals surface area contributed by atoms with Gasteiger partial charge in [0.05, 0.1) is 0 Å². The van der Waals surface area contributed by atoms with Gasteiger partial charge in [-0.1, -0.05) is 0 Å². The van der Waals surface area contributed by atoms with Crippen molar-refractivity contribution in [2.24, 2.45) is 0 Å². The summed E-state index contributed by atoms with van der Waals surface area (Å²) >= 11 is 0. The second kappa shape index (κ2) is 6.36. The van der Waals surface area contributed by atoms with Gasteiger partial charge in [-0.05, 0) is 20.3 Å². The van der Waals surface area contributed by atoms with Crippen LogP contribution in [0.15, 0.2) is 0 Å². The minimum absolute atomic E-state index is 0.0431. The summed E-state index contributed by atoms with van der Waals surface area (Å²) < 4.78 is 0. The van der Waals surface area contributed by atoms with Gasteiger partial charge in [-0.2, -0.15) is 0 Å². The van der Waals surface area contributed by atoms with E-state index in [1.54, 1.807) is 13.8 Å². The second-order valence-electron chi connectivity index (χ2n) is 5.07. The van der Waals surface area contributed by atoms with E-state index in [0.29, 0.717) is 13.1 Å². The van der Waals surface area contributed by atoms with Gasteiger partial charge in [-0.15, -0.1) is 0 Å². The zero-order valence-electron chi connectivity index (χ0n) is 11.6. The second-order valence-corrected chi connectivity index (χ2v) is 5.07. The molecule has 0 unspecified atom stereocenters. The van der Waals surface area contributed by atoms with Crippen LogP contribution in [0.25, 0.3) is 0 Å². The smallest absolute Gasteiger partial charge is 0.324 e. The lowest BCUT2D eigenvalue weighted by atomic mass is 9.99. The summed E-state index contributed by atoms with van der Waals surface area (Å²) in [6, 6.07) is -0.634. The topological polar surface area (TPSA) is 116 Å². The fraction of sp³-hybridized carbons (Fsp3) is 0.667. The molecule has 0 aromatic carbocycles. The van der Waals surface area contributed by atoms with Crippen molar-refractivity contribution in [3.63, 3.8) is 0 Å². The van der Waals surface area contributed by atoms with Gasteiger partial charge in [0.2, 0.25) is 11.8 Å². The SMILES string of the molecule is CC1(C)C(=O)NCCN1C(=O)NC(=O)CCCC(=O)O. The molecule has 0 aliphatic carbocycles. The Morgan fingerprint density at radius 1 is 1.35 bits per heavy atom. The van der Waals surface area contributed by atoms with Gasteiger partial charge in [0.25, 0.3) is 0 Å². The van der Waals surface area contributed by atoms with Crippen molar-refractivity contribution in [1.29, 1.82) is 0 Å². The Hall–Kier alpha value is -2.12. The van der Waals surface area contributed by atoms with Crippen molar-refractivity contribution in [1.82, 2.24) is 15.5 Å². The maximum Gasteiger partial charge on any atom is 0.324 e. The predicted octanol–water partition coefficient (Wildman–Crippen LogP) is -0.312. The molecule has 112 valence electrons. The molecular weight excluding hydrogens is 266 g/mol. The molecule has 4 amide bonds. The Kier molecular flexibility index (Phi) is 5.06. The lowest BCUT2D eigenvalue weighted by Crippen LogP contribution is -2.65. The molecule has 1 rings (SSSR count). The van der Waals surface area contributed by atoms with Gasteiger partial charge in [0, 0.05) is 25.9 Å². The third kappa shape index (κ3) is 3.94. The lowest BCUT2D eigenvalue weighted by Gasteiger charge is -2.40. The van der Waals surface area contributed by atoms with Gasteiger partial charge >= 0.3 is 12.0 Å². The largest absolute Gasteiger partial charge is 0.481 e. The van der Waals surface area contributed by atoms with Crippen LogP contribution < -0.4 is 10.6 Å². The van der Waals surface area contributed by atoms with Gasteiger partial charge in [-0.25, -0.2) is 4.79 Å². The summed E-state index contributed by atoms with van der Waals surface area (Å²) in [7, 11) is 0. The number of nitrogens with zero attached hydrogens (tertiary/aromatic N) is 1. The number of amides is 4. The molecule has 1 aliphatic rings. The Labute approximate surface area is 116 Å². The third-order valence-electron chi connectivity index (χ3n) is 3.14. The monoisotopic (exact) mass is 285 g/mol. The molecule has 0 atom stereocenters. The van der Waals surface area contributed by atoms with Crippen LogP contribution in [0.5, 0.6) is 0 Å². The highest BCUT2D eigenvalue weighted by Gasteiger charge is 2.40. The summed E-state index contributed by atoms with van der Waals surface area (Å²) in [5, 5.41) is 13.3. The molecule has 8 heteroatoms. The van der Waals surface area contributed by atoms with Crippen LogP contribution >= 0.6 is 0 Å². The van der Waals surface area contributed by atoms with Crippen LogP contribution in [0.2, 0.25) is 0 Å². The quantitative estimate of drug-likeness (QED) is 0.655. The highest BCUT2D eigenvalue weighted by atomic mass is 16.4. The molecule has 1 heterocycles. The molecule has 1 fully saturated rings. The zero-order chi connectivity index (χ0) is 15.3. The molecule has 0 spiro atoms. The molecule has 0 radical (unpaired) electrons. The number of imide groups is 1. The van der Waals surface area contributed by atoms with Crippen LogP contribution in [0, 0.1) is 0 Å². The van der Waals surface area contributed by atoms with Crippen molar-refractivity contribution in [3.05, 3.63) is 0 Å². The van der Waals surface area contributed by atoms with Gasteiger partial charge in [-0.3, -0.25) is 19.7 Å². The first-order valence-electron chi connectivity index (χ1n) is 6.36. The van der Waals surface area contributed by atoms with Crippen LogP contribution in [0.3, 0.4) is 0 Å². The van der Waals surface area contributed by atoms with Crippen LogP contribution in [-0.4, -0.2) is 52.4 Å². The van der Waals surface area contributed by atoms with Gasteiger partial charge in [0.15, 0.2) is 0 Å². The summed E-state index contributed by atoms with van der Waals surface area (Å²) in [6.45, 7) is 3.84. The Morgan fingerprint density at radius 2 is 2.00 bits per heavy atom. The molecule has 8 nitrogen and oxygen atoms in total. The molecule has 0 aromatic heterocycles. The van der Waals surface area contributed by atoms with E-state index in [1.807, 2.05) is 0 Å². The summed E-state index contributed by atoms with van der Waals surface area (Å²) in [6.07, 6.45) is -0.00391. The predicted molar refractivity (Wildman–Crippen MR) is 68.8 cm³/mol. The maximum absolute atomic E-state index is 12.0. The first-order chi connectivity index (χ1) is 9.25. The molecule has 20 heavy (non-hydrogen) atoms. The molecular formula is C12H19N3O5. The van der Waals surface area contributed by atoms with Crippen LogP contribution in [-0.2, 0) is 14.4 Å². The number of carbonyl (C=O) groups is 4. The van der Waals surface area contributed by atoms with E-state index < -0.39 is 23.4 Å². The lowest BCUT2D eigenvalue weighted by molar-refractivity contribution is -0.137. The first kappa shape index (κ1) is 15.9. The van der Waals surface area contributed by atoms with Crippen LogP contribution in [0.4, 0.5) is 4.79 Å². The van der Waals surface area contributed by atoms with Crippen molar-refractivity contribution in [2.45, 2.75) is 38.6 Å². The number of carbonyl (C=O) groups excluding carboxylic acids is 3. The van der Waals surface area contributed by atoms with E-state index in [1.165, 1.54) is 4.90 Å². The number of carboxylic acids is 1. The molecule has 0 bridgehead atoms. The minimum atomic E-state index is -1.02. The number of hydrogen-bond acceptors (Lipinski definition) is 4. The van der Waals surface area contributed by atoms with E-state index in [0.717, 1.165) is 0 Å². The average molecular weight is 285 g/mol. The maximum atomic E-state index is 12.0. The number of urea groups is 1. The number of carboxylic acid groups (broad SMARTS) is 1. The van der Waals surface area contributed by atoms with Gasteiger partial charge < -0.3 is 15.3 Å². The molecule has 3 N–H and O–H groups in total. The van der Waals surface area contributed by atoms with E-state index in [9.17, 15) is 19.2 Å². The summed E-state index contributed by atoms with van der Waals surface area (Å²) in [5.74, 6) is -1.81. The highest BCUT2D eigenvalue weighted by Crippen LogP contribution is 2.17. The summed E-state index contributed by atoms with van der Waals surface area (Å²) in [4.78, 5) is 46.8. The van der Waals surface area contributed by atoms with Crippen molar-refractivity contribution in [3.8, 4) is 0 Å². The Balaban J connectivity index is 2.51. The van der Waals surface area contributed by atoms with Gasteiger partial charge in [0.1, 0.15) is 5.54 Å². The van der Waals surface area contributed by atoms with Crippen molar-refractivity contribution >= 4 is 23.8 Å². The van der Waals surface area contributed by atoms with E-state index >= 15 is 0 Å². The number of piperazine rings is 1. The molecule has 1 aliphatic heterocycles. The minimum Gasteiger partial charge on any atom is -0.481 e. The van der Waals surface area contributed by atoms with Crippen molar-refractivity contribution < 1.29 is 24.3 Å². The van der Waals surface area contributed by atoms with Crippen LogP contribution in [0.1, 0.15) is 33.1 Å². The number of aliphatic carboxylic acids is 1. The summed E-state index contributed by atoms with van der Waals surface area (Å²) in [5.41, 5.74) is -1.02. The van der Waals surface area contributed by atoms with E-state index in [-0.39, 0.29) is 25.2 Å². The van der Waals surface area contributed by atoms with Crippen molar-refractivity contribution in [2.75, 3.05) is 13.1 Å². The normalized spacial score (nSPS) is 17.3. The average Bonchev–Trinajstić information content (AvgIpc) is 2.31. The highest BCUT2D eigenvalue weighted by molar-refractivity contribution is 5.98. The number of nitrogens with one attached hydrogen (secondary N) is 2. The number of rotatable bonds is 4. The molecule has 1 saturated heterocycles. The first-order valence-corrected chi connectivity index (χ1v) is 6.36. The standard InChI is InChI=1S/C12H19N3O5/c1-12(2)10(19)13-6-7-15(12)11(20)14-8(16)4-3-5-9(17)18/h3-7H2,1-2H3,(H,13,19)(H,17,18)(H,14,16,20). The van der Waals surface area contributed by atoms with E-state index in [2.05, 4.69) is 10.6 Å². The molecule has 0 aromatic rings. The Morgan fingerprint density at radius 3 is 2.60 bits per heavy atom. The number of hydrogen-bond donors (Lipinski definition) is 3. The fourth-order valence-electron chi connectivity index (χ4n) is 1.90. The zero-order valence-corrected chi connectivity index (χ0v) is 11.6. The van der Waals surface area contributed by atoms with E-state index in [4.69, 9.17) is 5.11 Å². The third-order valence-corrected chi connectivity index (χ3v) is 3.14. The Bertz CT molecular complexity index is 433. The fourth-order valence-corrected chi connectivity index (χ4v) is 1.90.